The highest BCUT2D eigenvalue weighted by atomic mass is 16.5. The molecule has 0 unspecified atom stereocenters. The number of aromatic carboxylic acids is 1. The molecule has 0 atom stereocenters. The first kappa shape index (κ1) is 18.7. The SMILES string of the molecule is COCCCOc1cccc(COc2ccc(C(=O)O)c3ccccc23)c1. The van der Waals surface area contributed by atoms with Crippen molar-refractivity contribution in [1.29, 1.82) is 0 Å². The molecule has 0 saturated heterocycles. The molecule has 0 aliphatic carbocycles. The van der Waals surface area contributed by atoms with Crippen LogP contribution in [0.15, 0.2) is 60.7 Å². The van der Waals surface area contributed by atoms with Gasteiger partial charge < -0.3 is 19.3 Å². The van der Waals surface area contributed by atoms with E-state index >= 15 is 0 Å². The van der Waals surface area contributed by atoms with Crippen molar-refractivity contribution in [2.45, 2.75) is 13.0 Å². The summed E-state index contributed by atoms with van der Waals surface area (Å²) in [7, 11) is 1.67. The first-order valence-electron chi connectivity index (χ1n) is 8.77. The van der Waals surface area contributed by atoms with E-state index in [2.05, 4.69) is 0 Å². The molecule has 0 fully saturated rings. The summed E-state index contributed by atoms with van der Waals surface area (Å²) in [5.41, 5.74) is 1.25. The number of carboxylic acids is 1. The maximum absolute atomic E-state index is 11.4. The van der Waals surface area contributed by atoms with Gasteiger partial charge in [-0.05, 0) is 35.2 Å². The number of rotatable bonds is 9. The van der Waals surface area contributed by atoms with Crippen LogP contribution in [0.4, 0.5) is 0 Å². The van der Waals surface area contributed by atoms with Gasteiger partial charge in [-0.15, -0.1) is 0 Å². The molecule has 3 aromatic rings. The van der Waals surface area contributed by atoms with Gasteiger partial charge in [-0.1, -0.05) is 36.4 Å². The van der Waals surface area contributed by atoms with Crippen molar-refractivity contribution in [1.82, 2.24) is 0 Å². The Morgan fingerprint density at radius 1 is 0.926 bits per heavy atom. The molecule has 0 amide bonds. The summed E-state index contributed by atoms with van der Waals surface area (Å²) in [5, 5.41) is 10.8. The molecule has 5 heteroatoms. The zero-order valence-electron chi connectivity index (χ0n) is 15.2. The third-order valence-electron chi connectivity index (χ3n) is 4.17. The van der Waals surface area contributed by atoms with Crippen molar-refractivity contribution in [3.63, 3.8) is 0 Å². The van der Waals surface area contributed by atoms with E-state index < -0.39 is 5.97 Å². The maximum atomic E-state index is 11.4. The summed E-state index contributed by atoms with van der Waals surface area (Å²) in [6, 6.07) is 18.4. The lowest BCUT2D eigenvalue weighted by Gasteiger charge is -2.12. The average molecular weight is 366 g/mol. The number of methoxy groups -OCH3 is 1. The van der Waals surface area contributed by atoms with Crippen LogP contribution in [-0.4, -0.2) is 31.4 Å². The van der Waals surface area contributed by atoms with Gasteiger partial charge in [0.05, 0.1) is 12.2 Å². The molecule has 27 heavy (non-hydrogen) atoms. The zero-order valence-corrected chi connectivity index (χ0v) is 15.2. The normalized spacial score (nSPS) is 10.7. The molecule has 5 nitrogen and oxygen atoms in total. The standard InChI is InChI=1S/C22H22O5/c1-25-12-5-13-26-17-7-4-6-16(14-17)15-27-21-11-10-20(22(23)24)18-8-2-3-9-19(18)21/h2-4,6-11,14H,5,12-13,15H2,1H3,(H,23,24). The van der Waals surface area contributed by atoms with Crippen LogP contribution in [0.2, 0.25) is 0 Å². The van der Waals surface area contributed by atoms with Gasteiger partial charge in [-0.3, -0.25) is 0 Å². The minimum Gasteiger partial charge on any atom is -0.493 e. The van der Waals surface area contributed by atoms with E-state index in [0.29, 0.717) is 31.0 Å². The number of benzene rings is 3. The van der Waals surface area contributed by atoms with Crippen LogP contribution < -0.4 is 9.47 Å². The quantitative estimate of drug-likeness (QED) is 0.564. The lowest BCUT2D eigenvalue weighted by atomic mass is 10.0. The highest BCUT2D eigenvalue weighted by Crippen LogP contribution is 2.29. The lowest BCUT2D eigenvalue weighted by molar-refractivity contribution is 0.0699. The van der Waals surface area contributed by atoms with E-state index in [-0.39, 0.29) is 5.56 Å². The molecule has 0 aliphatic heterocycles. The highest BCUT2D eigenvalue weighted by Gasteiger charge is 2.11. The van der Waals surface area contributed by atoms with E-state index in [1.54, 1.807) is 25.3 Å². The fourth-order valence-electron chi connectivity index (χ4n) is 2.86. The molecule has 0 bridgehead atoms. The largest absolute Gasteiger partial charge is 0.493 e. The Balaban J connectivity index is 1.72. The molecule has 140 valence electrons. The summed E-state index contributed by atoms with van der Waals surface area (Å²) in [6.07, 6.45) is 0.832. The van der Waals surface area contributed by atoms with Crippen molar-refractivity contribution in [3.05, 3.63) is 71.8 Å². The Hall–Kier alpha value is -3.05. The fourth-order valence-corrected chi connectivity index (χ4v) is 2.86. The minimum atomic E-state index is -0.948. The Morgan fingerprint density at radius 2 is 1.74 bits per heavy atom. The van der Waals surface area contributed by atoms with Crippen molar-refractivity contribution >= 4 is 16.7 Å². The monoisotopic (exact) mass is 366 g/mol. The predicted octanol–water partition coefficient (Wildman–Crippen LogP) is 4.53. The molecule has 0 aliphatic rings. The molecule has 0 radical (unpaired) electrons. The number of carboxylic acid groups (broad SMARTS) is 1. The number of hydrogen-bond donors (Lipinski definition) is 1. The van der Waals surface area contributed by atoms with Gasteiger partial charge in [0.2, 0.25) is 0 Å². The molecule has 0 heterocycles. The average Bonchev–Trinajstić information content (AvgIpc) is 2.69. The Labute approximate surface area is 158 Å². The molecule has 0 aromatic heterocycles. The van der Waals surface area contributed by atoms with E-state index in [9.17, 15) is 9.90 Å². The van der Waals surface area contributed by atoms with Crippen molar-refractivity contribution < 1.29 is 24.1 Å². The summed E-state index contributed by atoms with van der Waals surface area (Å²) in [4.78, 5) is 11.4. The summed E-state index contributed by atoms with van der Waals surface area (Å²) < 4.78 is 16.7. The van der Waals surface area contributed by atoms with Gasteiger partial charge in [-0.25, -0.2) is 4.79 Å². The molecule has 3 aromatic carbocycles. The number of hydrogen-bond acceptors (Lipinski definition) is 4. The molecular formula is C22H22O5. The molecular weight excluding hydrogens is 344 g/mol. The third-order valence-corrected chi connectivity index (χ3v) is 4.17. The summed E-state index contributed by atoms with van der Waals surface area (Å²) >= 11 is 0. The van der Waals surface area contributed by atoms with Crippen LogP contribution in [0.3, 0.4) is 0 Å². The van der Waals surface area contributed by atoms with Gasteiger partial charge in [0.1, 0.15) is 18.1 Å². The number of fused-ring (bicyclic) bond motifs is 1. The van der Waals surface area contributed by atoms with Crippen LogP contribution in [0.5, 0.6) is 11.5 Å². The van der Waals surface area contributed by atoms with E-state index in [0.717, 1.165) is 23.1 Å². The van der Waals surface area contributed by atoms with Gasteiger partial charge in [-0.2, -0.15) is 0 Å². The van der Waals surface area contributed by atoms with Gasteiger partial charge in [0.15, 0.2) is 0 Å². The van der Waals surface area contributed by atoms with Crippen molar-refractivity contribution in [2.75, 3.05) is 20.3 Å². The first-order chi connectivity index (χ1) is 13.2. The fraction of sp³-hybridized carbons (Fsp3) is 0.227. The van der Waals surface area contributed by atoms with Crippen LogP contribution in [0.1, 0.15) is 22.3 Å². The van der Waals surface area contributed by atoms with Crippen molar-refractivity contribution in [2.24, 2.45) is 0 Å². The van der Waals surface area contributed by atoms with E-state index in [1.165, 1.54) is 0 Å². The van der Waals surface area contributed by atoms with Crippen LogP contribution in [0, 0.1) is 0 Å². The summed E-state index contributed by atoms with van der Waals surface area (Å²) in [5.74, 6) is 0.497. The second kappa shape index (κ2) is 9.05. The topological polar surface area (TPSA) is 65.0 Å². The van der Waals surface area contributed by atoms with Crippen molar-refractivity contribution in [3.8, 4) is 11.5 Å². The molecule has 0 spiro atoms. The second-order valence-corrected chi connectivity index (χ2v) is 6.09. The van der Waals surface area contributed by atoms with Gasteiger partial charge >= 0.3 is 5.97 Å². The Morgan fingerprint density at radius 3 is 2.52 bits per heavy atom. The van der Waals surface area contributed by atoms with E-state index in [1.807, 2.05) is 42.5 Å². The Bertz CT molecular complexity index is 919. The van der Waals surface area contributed by atoms with Gasteiger partial charge in [0, 0.05) is 25.5 Å². The third kappa shape index (κ3) is 4.77. The molecule has 0 saturated carbocycles. The van der Waals surface area contributed by atoms with Crippen LogP contribution >= 0.6 is 0 Å². The molecule has 1 N–H and O–H groups in total. The minimum absolute atomic E-state index is 0.268. The predicted molar refractivity (Wildman–Crippen MR) is 104 cm³/mol. The molecule has 3 rings (SSSR count). The van der Waals surface area contributed by atoms with Crippen LogP contribution in [-0.2, 0) is 11.3 Å². The highest BCUT2D eigenvalue weighted by molar-refractivity contribution is 6.05. The smallest absolute Gasteiger partial charge is 0.336 e. The van der Waals surface area contributed by atoms with E-state index in [4.69, 9.17) is 14.2 Å². The maximum Gasteiger partial charge on any atom is 0.336 e. The van der Waals surface area contributed by atoms with Gasteiger partial charge in [0.25, 0.3) is 0 Å². The second-order valence-electron chi connectivity index (χ2n) is 6.09. The number of ether oxygens (including phenoxy) is 3. The summed E-state index contributed by atoms with van der Waals surface area (Å²) in [6.45, 7) is 1.63. The Kier molecular flexibility index (Phi) is 6.28. The first-order valence-corrected chi connectivity index (χ1v) is 8.77. The zero-order chi connectivity index (χ0) is 19.1. The lowest BCUT2D eigenvalue weighted by Crippen LogP contribution is -2.02. The van der Waals surface area contributed by atoms with Crippen LogP contribution in [0.25, 0.3) is 10.8 Å². The number of carbonyl (C=O) groups is 1.